The summed E-state index contributed by atoms with van der Waals surface area (Å²) in [7, 11) is 0. The summed E-state index contributed by atoms with van der Waals surface area (Å²) in [6, 6.07) is 5.70. The molecule has 1 aromatic heterocycles. The van der Waals surface area contributed by atoms with Crippen molar-refractivity contribution >= 4 is 38.3 Å². The fourth-order valence-corrected chi connectivity index (χ4v) is 4.09. The van der Waals surface area contributed by atoms with Gasteiger partial charge in [0.05, 0.1) is 5.69 Å². The van der Waals surface area contributed by atoms with Gasteiger partial charge in [-0.15, -0.1) is 11.3 Å². The normalized spacial score (nSPS) is 13.9. The van der Waals surface area contributed by atoms with Gasteiger partial charge in [-0.2, -0.15) is 0 Å². The number of aromatic nitrogens is 1. The number of fused-ring (bicyclic) bond motifs is 1. The van der Waals surface area contributed by atoms with Gasteiger partial charge in [-0.05, 0) is 56.4 Å². The van der Waals surface area contributed by atoms with Crippen LogP contribution in [0.25, 0.3) is 0 Å². The molecule has 1 aliphatic rings. The molecule has 1 heterocycles. The minimum absolute atomic E-state index is 0.0968. The van der Waals surface area contributed by atoms with Crippen molar-refractivity contribution in [3.05, 3.63) is 44.4 Å². The molecule has 0 unspecified atom stereocenters. The zero-order valence-corrected chi connectivity index (χ0v) is 13.6. The highest BCUT2D eigenvalue weighted by molar-refractivity contribution is 9.10. The topological polar surface area (TPSA) is 42.0 Å². The highest BCUT2D eigenvalue weighted by Crippen LogP contribution is 2.29. The average molecular weight is 351 g/mol. The first kappa shape index (κ1) is 13.8. The molecule has 2 aromatic rings. The number of hydrogen-bond donors (Lipinski definition) is 1. The Morgan fingerprint density at radius 2 is 2.10 bits per heavy atom. The van der Waals surface area contributed by atoms with E-state index in [1.54, 1.807) is 11.3 Å². The van der Waals surface area contributed by atoms with E-state index in [2.05, 4.69) is 26.2 Å². The van der Waals surface area contributed by atoms with Crippen LogP contribution in [0.1, 0.15) is 39.3 Å². The molecular formula is C15H15BrN2OS. The molecule has 0 saturated carbocycles. The van der Waals surface area contributed by atoms with E-state index in [1.807, 2.05) is 25.1 Å². The summed E-state index contributed by atoms with van der Waals surface area (Å²) in [6.07, 6.45) is 4.57. The molecular weight excluding hydrogens is 336 g/mol. The number of amides is 1. The number of nitrogens with one attached hydrogen (secondary N) is 1. The van der Waals surface area contributed by atoms with Crippen molar-refractivity contribution in [1.29, 1.82) is 0 Å². The van der Waals surface area contributed by atoms with Crippen LogP contribution in [0, 0.1) is 6.92 Å². The Bertz CT molecular complexity index is 622. The van der Waals surface area contributed by atoms with Crippen LogP contribution in [0.15, 0.2) is 22.7 Å². The lowest BCUT2D eigenvalue weighted by Crippen LogP contribution is -2.12. The molecule has 0 spiro atoms. The van der Waals surface area contributed by atoms with Gasteiger partial charge in [-0.3, -0.25) is 10.1 Å². The van der Waals surface area contributed by atoms with Crippen molar-refractivity contribution in [3.63, 3.8) is 0 Å². The maximum atomic E-state index is 12.3. The van der Waals surface area contributed by atoms with Crippen molar-refractivity contribution in [3.8, 4) is 0 Å². The van der Waals surface area contributed by atoms with Crippen LogP contribution in [0.3, 0.4) is 0 Å². The van der Waals surface area contributed by atoms with Crippen molar-refractivity contribution in [2.45, 2.75) is 32.6 Å². The van der Waals surface area contributed by atoms with Crippen LogP contribution >= 0.6 is 27.3 Å². The summed E-state index contributed by atoms with van der Waals surface area (Å²) >= 11 is 5.03. The van der Waals surface area contributed by atoms with Crippen LogP contribution in [0.5, 0.6) is 0 Å². The van der Waals surface area contributed by atoms with Gasteiger partial charge in [0.1, 0.15) is 0 Å². The van der Waals surface area contributed by atoms with Crippen molar-refractivity contribution in [2.24, 2.45) is 0 Å². The number of halogens is 1. The van der Waals surface area contributed by atoms with Crippen LogP contribution in [-0.2, 0) is 12.8 Å². The second kappa shape index (κ2) is 5.66. The molecule has 0 bridgehead atoms. The average Bonchev–Trinajstić information content (AvgIpc) is 2.79. The third kappa shape index (κ3) is 2.94. The van der Waals surface area contributed by atoms with Gasteiger partial charge in [0.15, 0.2) is 5.13 Å². The van der Waals surface area contributed by atoms with Crippen LogP contribution < -0.4 is 5.32 Å². The first-order valence-electron chi connectivity index (χ1n) is 6.69. The lowest BCUT2D eigenvalue weighted by molar-refractivity contribution is 0.102. The van der Waals surface area contributed by atoms with Crippen LogP contribution in [0.2, 0.25) is 0 Å². The van der Waals surface area contributed by atoms with Gasteiger partial charge in [-0.25, -0.2) is 4.98 Å². The molecule has 1 amide bonds. The van der Waals surface area contributed by atoms with Gasteiger partial charge in [-0.1, -0.05) is 15.9 Å². The summed E-state index contributed by atoms with van der Waals surface area (Å²) in [4.78, 5) is 18.1. The number of thiazole rings is 1. The highest BCUT2D eigenvalue weighted by Gasteiger charge is 2.17. The fraction of sp³-hybridized carbons (Fsp3) is 0.333. The second-order valence-electron chi connectivity index (χ2n) is 5.07. The molecule has 0 radical (unpaired) electrons. The Balaban J connectivity index is 1.80. The van der Waals surface area contributed by atoms with E-state index in [4.69, 9.17) is 0 Å². The zero-order chi connectivity index (χ0) is 14.1. The molecule has 1 aromatic carbocycles. The molecule has 20 heavy (non-hydrogen) atoms. The Morgan fingerprint density at radius 3 is 2.85 bits per heavy atom. The number of carbonyl (C=O) groups excluding carboxylic acids is 1. The van der Waals surface area contributed by atoms with Crippen molar-refractivity contribution in [1.82, 2.24) is 4.98 Å². The number of hydrogen-bond acceptors (Lipinski definition) is 3. The summed E-state index contributed by atoms with van der Waals surface area (Å²) in [5, 5.41) is 3.64. The molecule has 3 rings (SSSR count). The molecule has 1 N–H and O–H groups in total. The van der Waals surface area contributed by atoms with Crippen LogP contribution in [0.4, 0.5) is 5.13 Å². The standard InChI is InChI=1S/C15H15BrN2OS/c1-9-6-10(8-11(16)7-9)14(19)18-15-17-12-4-2-3-5-13(12)20-15/h6-8H,2-5H2,1H3,(H,17,18,19). The van der Waals surface area contributed by atoms with E-state index in [0.717, 1.165) is 28.0 Å². The van der Waals surface area contributed by atoms with Crippen LogP contribution in [-0.4, -0.2) is 10.9 Å². The number of rotatable bonds is 2. The van der Waals surface area contributed by atoms with E-state index in [0.29, 0.717) is 5.56 Å². The van der Waals surface area contributed by atoms with E-state index < -0.39 is 0 Å². The van der Waals surface area contributed by atoms with Gasteiger partial charge >= 0.3 is 0 Å². The van der Waals surface area contributed by atoms with E-state index in [9.17, 15) is 4.79 Å². The lowest BCUT2D eigenvalue weighted by atomic mass is 10.0. The Hall–Kier alpha value is -1.20. The first-order chi connectivity index (χ1) is 9.61. The number of carbonyl (C=O) groups is 1. The van der Waals surface area contributed by atoms with E-state index in [-0.39, 0.29) is 5.91 Å². The minimum atomic E-state index is -0.0968. The summed E-state index contributed by atoms with van der Waals surface area (Å²) in [5.41, 5.74) is 2.88. The molecule has 0 atom stereocenters. The fourth-order valence-electron chi connectivity index (χ4n) is 2.44. The lowest BCUT2D eigenvalue weighted by Gasteiger charge is -2.06. The maximum absolute atomic E-state index is 12.3. The minimum Gasteiger partial charge on any atom is -0.298 e. The van der Waals surface area contributed by atoms with Gasteiger partial charge < -0.3 is 0 Å². The summed E-state index contributed by atoms with van der Waals surface area (Å²) < 4.78 is 0.918. The van der Waals surface area contributed by atoms with Gasteiger partial charge in [0.25, 0.3) is 5.91 Å². The first-order valence-corrected chi connectivity index (χ1v) is 8.30. The largest absolute Gasteiger partial charge is 0.298 e. The third-order valence-electron chi connectivity index (χ3n) is 3.37. The quantitative estimate of drug-likeness (QED) is 0.874. The molecule has 0 fully saturated rings. The number of anilines is 1. The van der Waals surface area contributed by atoms with Gasteiger partial charge in [0.2, 0.25) is 0 Å². The van der Waals surface area contributed by atoms with Crippen molar-refractivity contribution < 1.29 is 4.79 Å². The molecule has 3 nitrogen and oxygen atoms in total. The highest BCUT2D eigenvalue weighted by atomic mass is 79.9. The Morgan fingerprint density at radius 1 is 1.30 bits per heavy atom. The maximum Gasteiger partial charge on any atom is 0.257 e. The molecule has 1 aliphatic carbocycles. The molecule has 0 saturated heterocycles. The smallest absolute Gasteiger partial charge is 0.257 e. The number of aryl methyl sites for hydroxylation is 3. The molecule has 5 heteroatoms. The van der Waals surface area contributed by atoms with Gasteiger partial charge in [0, 0.05) is 14.9 Å². The number of benzene rings is 1. The van der Waals surface area contributed by atoms with E-state index in [1.165, 1.54) is 23.4 Å². The number of nitrogens with zero attached hydrogens (tertiary/aromatic N) is 1. The predicted octanol–water partition coefficient (Wildman–Crippen LogP) is 4.35. The second-order valence-corrected chi connectivity index (χ2v) is 7.07. The summed E-state index contributed by atoms with van der Waals surface area (Å²) in [6.45, 7) is 1.98. The Kier molecular flexibility index (Phi) is 3.89. The third-order valence-corrected chi connectivity index (χ3v) is 4.90. The Labute approximate surface area is 130 Å². The van der Waals surface area contributed by atoms with E-state index >= 15 is 0 Å². The zero-order valence-electron chi connectivity index (χ0n) is 11.2. The molecule has 0 aliphatic heterocycles. The molecule has 104 valence electrons. The SMILES string of the molecule is Cc1cc(Br)cc(C(=O)Nc2nc3c(s2)CCCC3)c1. The monoisotopic (exact) mass is 350 g/mol. The predicted molar refractivity (Wildman–Crippen MR) is 85.6 cm³/mol. The van der Waals surface area contributed by atoms with Crippen molar-refractivity contribution in [2.75, 3.05) is 5.32 Å². The summed E-state index contributed by atoms with van der Waals surface area (Å²) in [5.74, 6) is -0.0968.